The Morgan fingerprint density at radius 2 is 2.14 bits per heavy atom. The van der Waals surface area contributed by atoms with E-state index < -0.39 is 0 Å². The minimum absolute atomic E-state index is 0.256. The molecule has 21 heavy (non-hydrogen) atoms. The molecule has 0 fully saturated rings. The number of hydrogen-bond acceptors (Lipinski definition) is 4. The van der Waals surface area contributed by atoms with E-state index in [-0.39, 0.29) is 5.75 Å². The fraction of sp³-hybridized carbons (Fsp3) is 0.412. The van der Waals surface area contributed by atoms with Gasteiger partial charge >= 0.3 is 0 Å². The molecule has 0 bridgehead atoms. The van der Waals surface area contributed by atoms with Crippen LogP contribution in [0.25, 0.3) is 0 Å². The number of methoxy groups -OCH3 is 1. The third-order valence-electron chi connectivity index (χ3n) is 4.68. The van der Waals surface area contributed by atoms with E-state index in [2.05, 4.69) is 17.9 Å². The van der Waals surface area contributed by atoms with Gasteiger partial charge in [0.25, 0.3) is 0 Å². The van der Waals surface area contributed by atoms with E-state index in [9.17, 15) is 5.11 Å². The number of phenols is 1. The number of benzene rings is 1. The Morgan fingerprint density at radius 3 is 2.95 bits per heavy atom. The van der Waals surface area contributed by atoms with Crippen LogP contribution in [-0.4, -0.2) is 23.7 Å². The highest BCUT2D eigenvalue weighted by atomic mass is 32.1. The minimum Gasteiger partial charge on any atom is -0.504 e. The van der Waals surface area contributed by atoms with Crippen LogP contribution < -0.4 is 4.74 Å². The lowest BCUT2D eigenvalue weighted by Crippen LogP contribution is -2.38. The summed E-state index contributed by atoms with van der Waals surface area (Å²) in [5.41, 5.74) is 4.09. The highest BCUT2D eigenvalue weighted by Crippen LogP contribution is 2.43. The second-order valence-electron chi connectivity index (χ2n) is 5.97. The topological polar surface area (TPSA) is 32.7 Å². The molecule has 4 rings (SSSR count). The number of aromatic hydroxyl groups is 1. The molecule has 2 aromatic rings. The average molecular weight is 301 g/mol. The van der Waals surface area contributed by atoms with Crippen molar-refractivity contribution in [2.45, 2.75) is 32.4 Å². The average Bonchev–Trinajstić information content (AvgIpc) is 2.83. The summed E-state index contributed by atoms with van der Waals surface area (Å²) >= 11 is 1.92. The van der Waals surface area contributed by atoms with Crippen molar-refractivity contribution in [3.63, 3.8) is 0 Å². The highest BCUT2D eigenvalue weighted by molar-refractivity contribution is 7.12. The van der Waals surface area contributed by atoms with Gasteiger partial charge in [-0.2, -0.15) is 0 Å². The van der Waals surface area contributed by atoms with Crippen LogP contribution in [0.4, 0.5) is 0 Å². The van der Waals surface area contributed by atoms with Crippen molar-refractivity contribution < 1.29 is 9.84 Å². The molecule has 110 valence electrons. The minimum atomic E-state index is 0.256. The van der Waals surface area contributed by atoms with Crippen molar-refractivity contribution in [2.24, 2.45) is 0 Å². The molecule has 0 unspecified atom stereocenters. The Bertz CT molecular complexity index is 707. The highest BCUT2D eigenvalue weighted by Gasteiger charge is 2.33. The lowest BCUT2D eigenvalue weighted by atomic mass is 9.86. The Morgan fingerprint density at radius 1 is 1.29 bits per heavy atom. The molecule has 2 aliphatic heterocycles. The maximum Gasteiger partial charge on any atom is 0.160 e. The van der Waals surface area contributed by atoms with Gasteiger partial charge < -0.3 is 9.84 Å². The zero-order valence-corrected chi connectivity index (χ0v) is 13.2. The molecule has 4 heteroatoms. The van der Waals surface area contributed by atoms with Crippen LogP contribution in [0.3, 0.4) is 0 Å². The van der Waals surface area contributed by atoms with Crippen LogP contribution in [0, 0.1) is 6.92 Å². The molecule has 2 aliphatic rings. The van der Waals surface area contributed by atoms with Gasteiger partial charge in [0.2, 0.25) is 0 Å². The van der Waals surface area contributed by atoms with Crippen molar-refractivity contribution in [2.75, 3.05) is 13.7 Å². The smallest absolute Gasteiger partial charge is 0.160 e. The first-order valence-corrected chi connectivity index (χ1v) is 8.19. The third kappa shape index (κ3) is 2.05. The summed E-state index contributed by atoms with van der Waals surface area (Å²) in [5, 5.41) is 10.1. The van der Waals surface area contributed by atoms with E-state index >= 15 is 0 Å². The van der Waals surface area contributed by atoms with Crippen LogP contribution >= 0.6 is 11.3 Å². The van der Waals surface area contributed by atoms with Crippen molar-refractivity contribution in [1.29, 1.82) is 0 Å². The standard InChI is InChI=1S/C17H19NO2S/c1-10-5-12-9-18-4-3-11-6-16(20-2)15(19)7-13(11)14(18)8-17(12)21-10/h5-7,14,19H,3-4,8-9H2,1-2H3/t14-/m0/s1. The van der Waals surface area contributed by atoms with Gasteiger partial charge in [-0.05, 0) is 48.2 Å². The number of phenolic OH excluding ortho intramolecular Hbond substituents is 1. The number of fused-ring (bicyclic) bond motifs is 4. The summed E-state index contributed by atoms with van der Waals surface area (Å²) in [7, 11) is 1.61. The number of ether oxygens (including phenoxy) is 1. The molecule has 1 N–H and O–H groups in total. The van der Waals surface area contributed by atoms with Gasteiger partial charge in [0, 0.05) is 35.3 Å². The van der Waals surface area contributed by atoms with E-state index in [1.807, 2.05) is 23.5 Å². The van der Waals surface area contributed by atoms with Crippen LogP contribution in [0.15, 0.2) is 18.2 Å². The molecule has 0 saturated carbocycles. The number of thiophene rings is 1. The van der Waals surface area contributed by atoms with Crippen molar-refractivity contribution in [3.8, 4) is 11.5 Å². The summed E-state index contributed by atoms with van der Waals surface area (Å²) in [4.78, 5) is 5.46. The van der Waals surface area contributed by atoms with E-state index in [1.54, 1.807) is 7.11 Å². The lowest BCUT2D eigenvalue weighted by Gasteiger charge is -2.40. The molecular weight excluding hydrogens is 282 g/mol. The zero-order valence-electron chi connectivity index (χ0n) is 12.3. The second kappa shape index (κ2) is 4.75. The van der Waals surface area contributed by atoms with Crippen molar-refractivity contribution in [1.82, 2.24) is 4.90 Å². The van der Waals surface area contributed by atoms with Gasteiger partial charge in [0.15, 0.2) is 11.5 Å². The normalized spacial score (nSPS) is 20.6. The first-order chi connectivity index (χ1) is 10.2. The van der Waals surface area contributed by atoms with Gasteiger partial charge in [0.05, 0.1) is 7.11 Å². The number of hydrogen-bond donors (Lipinski definition) is 1. The van der Waals surface area contributed by atoms with E-state index in [0.29, 0.717) is 11.8 Å². The molecule has 1 aromatic heterocycles. The molecule has 1 aromatic carbocycles. The lowest BCUT2D eigenvalue weighted by molar-refractivity contribution is 0.162. The summed E-state index contributed by atoms with van der Waals surface area (Å²) in [6, 6.07) is 6.65. The van der Waals surface area contributed by atoms with Crippen LogP contribution in [0.2, 0.25) is 0 Å². The molecule has 0 spiro atoms. The Hall–Kier alpha value is -1.52. The Labute approximate surface area is 128 Å². The van der Waals surface area contributed by atoms with Crippen LogP contribution in [0.5, 0.6) is 11.5 Å². The molecule has 3 heterocycles. The number of nitrogens with zero attached hydrogens (tertiary/aromatic N) is 1. The van der Waals surface area contributed by atoms with Gasteiger partial charge in [0.1, 0.15) is 0 Å². The largest absolute Gasteiger partial charge is 0.504 e. The summed E-state index contributed by atoms with van der Waals surface area (Å²) in [6.07, 6.45) is 2.09. The molecule has 3 nitrogen and oxygen atoms in total. The van der Waals surface area contributed by atoms with Crippen molar-refractivity contribution in [3.05, 3.63) is 44.6 Å². The summed E-state index contributed by atoms with van der Waals surface area (Å²) in [6.45, 7) is 4.31. The predicted molar refractivity (Wildman–Crippen MR) is 84.3 cm³/mol. The third-order valence-corrected chi connectivity index (χ3v) is 5.80. The summed E-state index contributed by atoms with van der Waals surface area (Å²) in [5.74, 6) is 0.844. The molecule has 1 atom stereocenters. The van der Waals surface area contributed by atoms with Crippen LogP contribution in [-0.2, 0) is 19.4 Å². The molecule has 0 aliphatic carbocycles. The first-order valence-electron chi connectivity index (χ1n) is 7.37. The van der Waals surface area contributed by atoms with E-state index in [0.717, 1.165) is 25.9 Å². The fourth-order valence-corrected chi connectivity index (χ4v) is 4.76. The van der Waals surface area contributed by atoms with Gasteiger partial charge in [-0.1, -0.05) is 0 Å². The predicted octanol–water partition coefficient (Wildman–Crippen LogP) is 3.43. The van der Waals surface area contributed by atoms with Crippen molar-refractivity contribution >= 4 is 11.3 Å². The Balaban J connectivity index is 1.77. The molecule has 0 radical (unpaired) electrons. The van der Waals surface area contributed by atoms with Gasteiger partial charge in [-0.15, -0.1) is 11.3 Å². The fourth-order valence-electron chi connectivity index (χ4n) is 3.68. The molecule has 0 amide bonds. The quantitative estimate of drug-likeness (QED) is 0.876. The second-order valence-corrected chi connectivity index (χ2v) is 7.31. The SMILES string of the molecule is COc1cc2c(cc1O)[C@@H]1Cc3sc(C)cc3CN1CC2. The Kier molecular flexibility index (Phi) is 2.98. The van der Waals surface area contributed by atoms with Gasteiger partial charge in [-0.25, -0.2) is 0 Å². The monoisotopic (exact) mass is 301 g/mol. The molecule has 0 saturated heterocycles. The zero-order chi connectivity index (χ0) is 14.6. The van der Waals surface area contributed by atoms with E-state index in [4.69, 9.17) is 4.74 Å². The molecular formula is C17H19NO2S. The van der Waals surface area contributed by atoms with Gasteiger partial charge in [-0.3, -0.25) is 4.90 Å². The van der Waals surface area contributed by atoms with E-state index in [1.165, 1.54) is 26.4 Å². The summed E-state index contributed by atoms with van der Waals surface area (Å²) < 4.78 is 5.25. The maximum absolute atomic E-state index is 10.1. The number of aryl methyl sites for hydroxylation is 1. The van der Waals surface area contributed by atoms with Crippen LogP contribution in [0.1, 0.15) is 32.5 Å². The maximum atomic E-state index is 10.1. The first kappa shape index (κ1) is 13.2. The number of rotatable bonds is 1.